The second-order valence-electron chi connectivity index (χ2n) is 6.88. The normalized spacial score (nSPS) is 14.6. The standard InChI is InChI=1S/C20H19ClN2O2S/c1-20(2)10-13-8-12(9-17(24-3)18(13)25-20)16-11-26-19(23-16)22-15-6-4-14(21)5-7-15/h4-9,11H,10H2,1-3H3,(H,22,23). The van der Waals surface area contributed by atoms with Gasteiger partial charge in [-0.1, -0.05) is 11.6 Å². The van der Waals surface area contributed by atoms with Gasteiger partial charge in [-0.05, 0) is 50.2 Å². The minimum atomic E-state index is -0.211. The minimum Gasteiger partial charge on any atom is -0.493 e. The number of anilines is 2. The molecule has 1 aromatic heterocycles. The van der Waals surface area contributed by atoms with Crippen molar-refractivity contribution in [1.82, 2.24) is 4.98 Å². The van der Waals surface area contributed by atoms with Crippen molar-refractivity contribution in [3.8, 4) is 22.8 Å². The van der Waals surface area contributed by atoms with Gasteiger partial charge in [0.05, 0.1) is 12.8 Å². The Morgan fingerprint density at radius 3 is 2.73 bits per heavy atom. The van der Waals surface area contributed by atoms with E-state index in [1.807, 2.05) is 35.7 Å². The van der Waals surface area contributed by atoms with Crippen LogP contribution in [0.15, 0.2) is 41.8 Å². The molecule has 1 N–H and O–H groups in total. The number of ether oxygens (including phenoxy) is 2. The fourth-order valence-electron chi connectivity index (χ4n) is 3.10. The molecule has 4 rings (SSSR count). The highest BCUT2D eigenvalue weighted by Gasteiger charge is 2.33. The summed E-state index contributed by atoms with van der Waals surface area (Å²) in [6.07, 6.45) is 0.854. The molecule has 0 spiro atoms. The van der Waals surface area contributed by atoms with Crippen LogP contribution in [0.3, 0.4) is 0 Å². The lowest BCUT2D eigenvalue weighted by Gasteiger charge is -2.17. The quantitative estimate of drug-likeness (QED) is 0.603. The number of halogens is 1. The van der Waals surface area contributed by atoms with E-state index in [4.69, 9.17) is 26.1 Å². The van der Waals surface area contributed by atoms with E-state index in [9.17, 15) is 0 Å². The van der Waals surface area contributed by atoms with Gasteiger partial charge in [0.2, 0.25) is 0 Å². The molecule has 26 heavy (non-hydrogen) atoms. The third kappa shape index (κ3) is 3.37. The summed E-state index contributed by atoms with van der Waals surface area (Å²) in [6.45, 7) is 4.17. The summed E-state index contributed by atoms with van der Waals surface area (Å²) in [4.78, 5) is 4.71. The van der Waals surface area contributed by atoms with Gasteiger partial charge in [-0.3, -0.25) is 0 Å². The molecule has 0 saturated heterocycles. The van der Waals surface area contributed by atoms with E-state index >= 15 is 0 Å². The Kier molecular flexibility index (Phi) is 4.29. The first-order valence-corrected chi connectivity index (χ1v) is 9.58. The number of thiazole rings is 1. The maximum atomic E-state index is 6.04. The number of nitrogens with one attached hydrogen (secondary N) is 1. The third-order valence-corrected chi connectivity index (χ3v) is 5.25. The number of methoxy groups -OCH3 is 1. The molecule has 2 aromatic carbocycles. The van der Waals surface area contributed by atoms with Crippen LogP contribution in [0, 0.1) is 0 Å². The van der Waals surface area contributed by atoms with Crippen molar-refractivity contribution in [2.45, 2.75) is 25.9 Å². The Hall–Kier alpha value is -2.24. The van der Waals surface area contributed by atoms with Gasteiger partial charge in [0, 0.05) is 33.6 Å². The summed E-state index contributed by atoms with van der Waals surface area (Å²) in [5.41, 5.74) is 3.85. The molecule has 1 aliphatic rings. The Morgan fingerprint density at radius 1 is 1.23 bits per heavy atom. The summed E-state index contributed by atoms with van der Waals surface area (Å²) in [6, 6.07) is 11.7. The van der Waals surface area contributed by atoms with Crippen LogP contribution in [0.4, 0.5) is 10.8 Å². The van der Waals surface area contributed by atoms with Gasteiger partial charge >= 0.3 is 0 Å². The monoisotopic (exact) mass is 386 g/mol. The Bertz CT molecular complexity index is 951. The zero-order valence-corrected chi connectivity index (χ0v) is 16.4. The van der Waals surface area contributed by atoms with Gasteiger partial charge in [0.15, 0.2) is 16.6 Å². The van der Waals surface area contributed by atoms with Gasteiger partial charge in [-0.15, -0.1) is 11.3 Å². The summed E-state index contributed by atoms with van der Waals surface area (Å²) in [5, 5.41) is 6.90. The number of hydrogen-bond acceptors (Lipinski definition) is 5. The van der Waals surface area contributed by atoms with Gasteiger partial charge < -0.3 is 14.8 Å². The summed E-state index contributed by atoms with van der Waals surface area (Å²) in [7, 11) is 1.67. The zero-order valence-electron chi connectivity index (χ0n) is 14.8. The van der Waals surface area contributed by atoms with Crippen LogP contribution in [-0.4, -0.2) is 17.7 Å². The molecule has 0 aliphatic carbocycles. The molecule has 0 bridgehead atoms. The lowest BCUT2D eigenvalue weighted by atomic mass is 9.99. The van der Waals surface area contributed by atoms with E-state index in [1.165, 1.54) is 0 Å². The average Bonchev–Trinajstić information content (AvgIpc) is 3.18. The molecular formula is C20H19ClN2O2S. The number of rotatable bonds is 4. The number of benzene rings is 2. The molecule has 0 unspecified atom stereocenters. The average molecular weight is 387 g/mol. The largest absolute Gasteiger partial charge is 0.493 e. The lowest BCUT2D eigenvalue weighted by molar-refractivity contribution is 0.134. The van der Waals surface area contributed by atoms with Crippen molar-refractivity contribution in [3.05, 3.63) is 52.4 Å². The first-order valence-electron chi connectivity index (χ1n) is 8.32. The predicted octanol–water partition coefficient (Wildman–Crippen LogP) is 5.93. The van der Waals surface area contributed by atoms with E-state index in [-0.39, 0.29) is 5.60 Å². The first-order chi connectivity index (χ1) is 12.4. The maximum absolute atomic E-state index is 6.04. The molecule has 2 heterocycles. The highest BCUT2D eigenvalue weighted by atomic mass is 35.5. The molecule has 0 radical (unpaired) electrons. The van der Waals surface area contributed by atoms with Crippen LogP contribution in [0.1, 0.15) is 19.4 Å². The van der Waals surface area contributed by atoms with Crippen molar-refractivity contribution in [2.75, 3.05) is 12.4 Å². The molecule has 134 valence electrons. The van der Waals surface area contributed by atoms with Crippen LogP contribution in [0.5, 0.6) is 11.5 Å². The van der Waals surface area contributed by atoms with Crippen LogP contribution in [0.25, 0.3) is 11.3 Å². The van der Waals surface area contributed by atoms with Gasteiger partial charge in [0.25, 0.3) is 0 Å². The number of hydrogen-bond donors (Lipinski definition) is 1. The van der Waals surface area contributed by atoms with Crippen LogP contribution in [-0.2, 0) is 6.42 Å². The molecule has 1 aliphatic heterocycles. The molecule has 4 nitrogen and oxygen atoms in total. The second kappa shape index (κ2) is 6.49. The van der Waals surface area contributed by atoms with Crippen LogP contribution < -0.4 is 14.8 Å². The van der Waals surface area contributed by atoms with E-state index in [2.05, 4.69) is 25.2 Å². The third-order valence-electron chi connectivity index (χ3n) is 4.24. The van der Waals surface area contributed by atoms with Crippen molar-refractivity contribution >= 4 is 33.8 Å². The Morgan fingerprint density at radius 2 is 2.00 bits per heavy atom. The summed E-state index contributed by atoms with van der Waals surface area (Å²) < 4.78 is 11.6. The number of fused-ring (bicyclic) bond motifs is 1. The molecule has 0 saturated carbocycles. The van der Waals surface area contributed by atoms with Crippen LogP contribution in [0.2, 0.25) is 5.02 Å². The highest BCUT2D eigenvalue weighted by molar-refractivity contribution is 7.14. The lowest BCUT2D eigenvalue weighted by Crippen LogP contribution is -2.24. The van der Waals surface area contributed by atoms with E-state index < -0.39 is 0 Å². The van der Waals surface area contributed by atoms with E-state index in [0.29, 0.717) is 5.02 Å². The molecule has 0 atom stereocenters. The van der Waals surface area contributed by atoms with E-state index in [1.54, 1.807) is 18.4 Å². The van der Waals surface area contributed by atoms with Crippen molar-refractivity contribution in [3.63, 3.8) is 0 Å². The topological polar surface area (TPSA) is 43.4 Å². The molecular weight excluding hydrogens is 368 g/mol. The smallest absolute Gasteiger partial charge is 0.187 e. The Labute approximate surface area is 161 Å². The molecule has 6 heteroatoms. The SMILES string of the molecule is COc1cc(-c2csc(Nc3ccc(Cl)cc3)n2)cc2c1OC(C)(C)C2. The fraction of sp³-hybridized carbons (Fsp3) is 0.250. The van der Waals surface area contributed by atoms with Crippen molar-refractivity contribution < 1.29 is 9.47 Å². The van der Waals surface area contributed by atoms with Gasteiger partial charge in [-0.2, -0.15) is 0 Å². The highest BCUT2D eigenvalue weighted by Crippen LogP contribution is 2.44. The number of nitrogens with zero attached hydrogens (tertiary/aromatic N) is 1. The second-order valence-corrected chi connectivity index (χ2v) is 8.17. The van der Waals surface area contributed by atoms with Gasteiger partial charge in [0.1, 0.15) is 5.60 Å². The maximum Gasteiger partial charge on any atom is 0.187 e. The van der Waals surface area contributed by atoms with Crippen molar-refractivity contribution in [2.24, 2.45) is 0 Å². The minimum absolute atomic E-state index is 0.211. The van der Waals surface area contributed by atoms with E-state index in [0.717, 1.165) is 45.6 Å². The predicted molar refractivity (Wildman–Crippen MR) is 107 cm³/mol. The molecule has 0 amide bonds. The fourth-order valence-corrected chi connectivity index (χ4v) is 3.96. The Balaban J connectivity index is 1.63. The molecule has 3 aromatic rings. The number of aromatic nitrogens is 1. The van der Waals surface area contributed by atoms with Gasteiger partial charge in [-0.25, -0.2) is 4.98 Å². The van der Waals surface area contributed by atoms with Crippen LogP contribution >= 0.6 is 22.9 Å². The zero-order chi connectivity index (χ0) is 18.3. The molecule has 0 fully saturated rings. The first kappa shape index (κ1) is 17.2. The summed E-state index contributed by atoms with van der Waals surface area (Å²) >= 11 is 7.49. The summed E-state index contributed by atoms with van der Waals surface area (Å²) in [5.74, 6) is 1.60. The van der Waals surface area contributed by atoms with Crippen molar-refractivity contribution in [1.29, 1.82) is 0 Å².